The van der Waals surface area contributed by atoms with E-state index in [4.69, 9.17) is 0 Å². The molecule has 2 N–H and O–H groups in total. The first kappa shape index (κ1) is 16.7. The zero-order chi connectivity index (χ0) is 15.0. The highest BCUT2D eigenvalue weighted by Gasteiger charge is 2.18. The van der Waals surface area contributed by atoms with Gasteiger partial charge in [-0.1, -0.05) is 44.9 Å². The zero-order valence-corrected chi connectivity index (χ0v) is 13.2. The molecule has 3 heteroatoms. The molecule has 1 aromatic carbocycles. The van der Waals surface area contributed by atoms with E-state index in [1.165, 1.54) is 0 Å². The lowest BCUT2D eigenvalue weighted by atomic mass is 9.97. The van der Waals surface area contributed by atoms with Gasteiger partial charge in [-0.25, -0.2) is 0 Å². The predicted molar refractivity (Wildman–Crippen MR) is 85.9 cm³/mol. The van der Waals surface area contributed by atoms with Gasteiger partial charge in [-0.3, -0.25) is 4.79 Å². The van der Waals surface area contributed by atoms with E-state index in [9.17, 15) is 4.79 Å². The fraction of sp³-hybridized carbons (Fsp3) is 0.588. The minimum Gasteiger partial charge on any atom is -0.326 e. The van der Waals surface area contributed by atoms with E-state index >= 15 is 0 Å². The molecule has 0 heterocycles. The third-order valence-corrected chi connectivity index (χ3v) is 3.76. The number of carbonyl (C=O) groups is 1. The minimum atomic E-state index is 0.128. The minimum absolute atomic E-state index is 0.128. The van der Waals surface area contributed by atoms with Crippen molar-refractivity contribution in [2.24, 2.45) is 5.92 Å². The topological polar surface area (TPSA) is 41.1 Å². The molecule has 0 bridgehead atoms. The normalized spacial score (nSPS) is 12.4. The third-order valence-electron chi connectivity index (χ3n) is 3.76. The summed E-state index contributed by atoms with van der Waals surface area (Å²) in [7, 11) is 1.93. The molecule has 1 rings (SSSR count). The summed E-state index contributed by atoms with van der Waals surface area (Å²) < 4.78 is 0. The molecule has 0 spiro atoms. The molecular formula is C17H28N2O. The summed E-state index contributed by atoms with van der Waals surface area (Å²) in [6, 6.07) is 8.24. The lowest BCUT2D eigenvalue weighted by molar-refractivity contribution is -0.120. The van der Waals surface area contributed by atoms with Gasteiger partial charge < -0.3 is 10.6 Å². The molecule has 0 aromatic heterocycles. The molecule has 0 saturated carbocycles. The summed E-state index contributed by atoms with van der Waals surface area (Å²) >= 11 is 0. The van der Waals surface area contributed by atoms with E-state index in [1.807, 2.05) is 25.2 Å². The lowest BCUT2D eigenvalue weighted by Gasteiger charge is -2.19. The highest BCUT2D eigenvalue weighted by molar-refractivity contribution is 5.93. The van der Waals surface area contributed by atoms with Gasteiger partial charge in [0.05, 0.1) is 0 Å². The van der Waals surface area contributed by atoms with Gasteiger partial charge in [-0.15, -0.1) is 0 Å². The van der Waals surface area contributed by atoms with Crippen LogP contribution in [0.2, 0.25) is 0 Å². The largest absolute Gasteiger partial charge is 0.326 e. The second kappa shape index (κ2) is 8.75. The highest BCUT2D eigenvalue weighted by atomic mass is 16.1. The van der Waals surface area contributed by atoms with Crippen LogP contribution in [0.5, 0.6) is 0 Å². The number of hydrogen-bond donors (Lipinski definition) is 2. The molecule has 1 amide bonds. The average Bonchev–Trinajstić information content (AvgIpc) is 2.46. The maximum absolute atomic E-state index is 12.4. The molecule has 1 aromatic rings. The number of para-hydroxylation sites is 1. The Hall–Kier alpha value is -1.35. The maximum Gasteiger partial charge on any atom is 0.227 e. The Kier molecular flexibility index (Phi) is 7.31. The summed E-state index contributed by atoms with van der Waals surface area (Å²) in [4.78, 5) is 12.4. The Morgan fingerprint density at radius 1 is 1.15 bits per heavy atom. The first-order chi connectivity index (χ1) is 9.63. The van der Waals surface area contributed by atoms with Crippen molar-refractivity contribution in [1.29, 1.82) is 0 Å². The van der Waals surface area contributed by atoms with Crippen LogP contribution in [0, 0.1) is 5.92 Å². The lowest BCUT2D eigenvalue weighted by Crippen LogP contribution is -2.24. The fourth-order valence-corrected chi connectivity index (χ4v) is 2.48. The van der Waals surface area contributed by atoms with E-state index in [0.29, 0.717) is 0 Å². The first-order valence-electron chi connectivity index (χ1n) is 7.71. The fourth-order valence-electron chi connectivity index (χ4n) is 2.48. The van der Waals surface area contributed by atoms with Crippen LogP contribution in [-0.4, -0.2) is 13.0 Å². The van der Waals surface area contributed by atoms with Gasteiger partial charge in [0.25, 0.3) is 0 Å². The van der Waals surface area contributed by atoms with E-state index in [0.717, 1.165) is 36.9 Å². The van der Waals surface area contributed by atoms with Gasteiger partial charge in [0.2, 0.25) is 5.91 Å². The van der Waals surface area contributed by atoms with E-state index in [-0.39, 0.29) is 17.9 Å². The van der Waals surface area contributed by atoms with Gasteiger partial charge in [0, 0.05) is 17.6 Å². The van der Waals surface area contributed by atoms with Gasteiger partial charge in [-0.2, -0.15) is 0 Å². The Morgan fingerprint density at radius 3 is 2.30 bits per heavy atom. The number of benzene rings is 1. The zero-order valence-electron chi connectivity index (χ0n) is 13.2. The van der Waals surface area contributed by atoms with Crippen molar-refractivity contribution in [3.63, 3.8) is 0 Å². The summed E-state index contributed by atoms with van der Waals surface area (Å²) in [5.74, 6) is 0.285. The highest BCUT2D eigenvalue weighted by Crippen LogP contribution is 2.24. The van der Waals surface area contributed by atoms with Crippen LogP contribution in [0.3, 0.4) is 0 Å². The second-order valence-corrected chi connectivity index (χ2v) is 5.36. The summed E-state index contributed by atoms with van der Waals surface area (Å²) in [5.41, 5.74) is 2.06. The Balaban J connectivity index is 2.83. The first-order valence-corrected chi connectivity index (χ1v) is 7.71. The standard InChI is InChI=1S/C17H28N2O/c1-5-9-14(10-6-2)17(20)19-16-12-8-7-11-15(16)13(3)18-4/h7-8,11-14,18H,5-6,9-10H2,1-4H3,(H,19,20). The molecular weight excluding hydrogens is 248 g/mol. The summed E-state index contributed by atoms with van der Waals surface area (Å²) in [6.07, 6.45) is 4.02. The van der Waals surface area contributed by atoms with Gasteiger partial charge >= 0.3 is 0 Å². The molecule has 20 heavy (non-hydrogen) atoms. The van der Waals surface area contributed by atoms with Crippen molar-refractivity contribution in [1.82, 2.24) is 5.32 Å². The van der Waals surface area contributed by atoms with Crippen molar-refractivity contribution in [2.75, 3.05) is 12.4 Å². The van der Waals surface area contributed by atoms with Crippen LogP contribution in [-0.2, 0) is 4.79 Å². The molecule has 0 aliphatic rings. The average molecular weight is 276 g/mol. The van der Waals surface area contributed by atoms with E-state index in [2.05, 4.69) is 37.5 Å². The van der Waals surface area contributed by atoms with E-state index < -0.39 is 0 Å². The number of carbonyl (C=O) groups excluding carboxylic acids is 1. The molecule has 0 aliphatic carbocycles. The summed E-state index contributed by atoms with van der Waals surface area (Å²) in [6.45, 7) is 6.36. The van der Waals surface area contributed by atoms with Gasteiger partial charge in [0.1, 0.15) is 0 Å². The van der Waals surface area contributed by atoms with Gasteiger partial charge in [0.15, 0.2) is 0 Å². The second-order valence-electron chi connectivity index (χ2n) is 5.36. The number of rotatable bonds is 8. The van der Waals surface area contributed by atoms with Crippen molar-refractivity contribution in [3.8, 4) is 0 Å². The van der Waals surface area contributed by atoms with Crippen LogP contribution < -0.4 is 10.6 Å². The van der Waals surface area contributed by atoms with Crippen molar-refractivity contribution >= 4 is 11.6 Å². The van der Waals surface area contributed by atoms with E-state index in [1.54, 1.807) is 0 Å². The third kappa shape index (κ3) is 4.64. The van der Waals surface area contributed by atoms with Crippen LogP contribution in [0.4, 0.5) is 5.69 Å². The van der Waals surface area contributed by atoms with Crippen molar-refractivity contribution in [3.05, 3.63) is 29.8 Å². The molecule has 1 unspecified atom stereocenters. The molecule has 1 atom stereocenters. The Morgan fingerprint density at radius 2 is 1.75 bits per heavy atom. The van der Waals surface area contributed by atoms with Crippen LogP contribution in [0.15, 0.2) is 24.3 Å². The predicted octanol–water partition coefficient (Wildman–Crippen LogP) is 4.12. The van der Waals surface area contributed by atoms with Crippen LogP contribution in [0.25, 0.3) is 0 Å². The molecule has 112 valence electrons. The quantitative estimate of drug-likeness (QED) is 0.750. The van der Waals surface area contributed by atoms with Crippen LogP contribution in [0.1, 0.15) is 58.1 Å². The maximum atomic E-state index is 12.4. The Bertz CT molecular complexity index is 411. The molecule has 0 saturated heterocycles. The number of amides is 1. The van der Waals surface area contributed by atoms with Gasteiger partial charge in [-0.05, 0) is 38.4 Å². The van der Waals surface area contributed by atoms with Crippen molar-refractivity contribution in [2.45, 2.75) is 52.5 Å². The van der Waals surface area contributed by atoms with Crippen molar-refractivity contribution < 1.29 is 4.79 Å². The monoisotopic (exact) mass is 276 g/mol. The smallest absolute Gasteiger partial charge is 0.227 e. The number of hydrogen-bond acceptors (Lipinski definition) is 2. The SMILES string of the molecule is CCCC(CCC)C(=O)Nc1ccccc1C(C)NC. The number of anilines is 1. The molecule has 0 fully saturated rings. The Labute approximate surface area is 123 Å². The molecule has 0 aliphatic heterocycles. The number of nitrogens with one attached hydrogen (secondary N) is 2. The molecule has 0 radical (unpaired) electrons. The molecule has 3 nitrogen and oxygen atoms in total. The van der Waals surface area contributed by atoms with Crippen LogP contribution >= 0.6 is 0 Å². The summed E-state index contributed by atoms with van der Waals surface area (Å²) in [5, 5.41) is 6.34.